The van der Waals surface area contributed by atoms with E-state index in [1.165, 1.54) is 27.7 Å². The van der Waals surface area contributed by atoms with Gasteiger partial charge in [-0.05, 0) is 165 Å². The molecule has 6 aromatic rings. The number of carbonyl (C=O) groups excluding carboxylic acids is 4. The fourth-order valence-electron chi connectivity index (χ4n) is 8.87. The summed E-state index contributed by atoms with van der Waals surface area (Å²) in [5.74, 6) is -1.54. The number of benzene rings is 6. The molecule has 0 radical (unpaired) electrons. The van der Waals surface area contributed by atoms with Crippen LogP contribution in [0, 0.1) is 27.7 Å². The first kappa shape index (κ1) is 65.4. The standard InChI is InChI=1S/C69H76O16/c1-40(2)66(74)82-36-55(70)32-78-61-24-22-51(26-44(61)9)53-28-46(11)64(80-34-57(72)38-84-68(76)42(5)6)59(30-53)63(50-20-18-49(19-21-50)48-16-14-13-15-17-48)60-31-54(29-47(12)65(60)81-35-58(73)39-85-69(77)43(7)8)52-23-25-62(45(10)27-52)79-33-56(71)37-83-67(75)41(3)4/h13-31,55-58,63,70-73H,1,3,5,7,32-39H2,2,4,6,8-12H3. The van der Waals surface area contributed by atoms with Crippen LogP contribution in [0.5, 0.6) is 23.0 Å². The number of hydrogen-bond donors (Lipinski definition) is 4. The van der Waals surface area contributed by atoms with Crippen LogP contribution < -0.4 is 18.9 Å². The lowest BCUT2D eigenvalue weighted by molar-refractivity contribution is -0.143. The van der Waals surface area contributed by atoms with Crippen LogP contribution in [0.1, 0.15) is 72.6 Å². The number of aryl methyl sites for hydroxylation is 4. The van der Waals surface area contributed by atoms with E-state index in [-0.39, 0.29) is 75.1 Å². The lowest BCUT2D eigenvalue weighted by Crippen LogP contribution is -2.26. The molecule has 0 bridgehead atoms. The first-order chi connectivity index (χ1) is 40.4. The van der Waals surface area contributed by atoms with Crippen molar-refractivity contribution in [3.8, 4) is 56.4 Å². The normalized spacial score (nSPS) is 12.8. The van der Waals surface area contributed by atoms with Crippen molar-refractivity contribution >= 4 is 23.9 Å². The molecule has 0 fully saturated rings. The van der Waals surface area contributed by atoms with Gasteiger partial charge >= 0.3 is 23.9 Å². The highest BCUT2D eigenvalue weighted by Gasteiger charge is 2.30. The lowest BCUT2D eigenvalue weighted by atomic mass is 9.80. The summed E-state index contributed by atoms with van der Waals surface area (Å²) in [5, 5.41) is 43.8. The van der Waals surface area contributed by atoms with Crippen LogP contribution in [-0.2, 0) is 38.1 Å². The maximum absolute atomic E-state index is 12.4. The second-order valence-electron chi connectivity index (χ2n) is 21.2. The molecule has 16 nitrogen and oxygen atoms in total. The van der Waals surface area contributed by atoms with Crippen molar-refractivity contribution in [3.05, 3.63) is 203 Å². The van der Waals surface area contributed by atoms with Crippen molar-refractivity contribution in [2.45, 2.75) is 85.7 Å². The van der Waals surface area contributed by atoms with E-state index in [0.29, 0.717) is 45.3 Å². The van der Waals surface area contributed by atoms with Gasteiger partial charge in [-0.2, -0.15) is 0 Å². The predicted octanol–water partition coefficient (Wildman–Crippen LogP) is 10.5. The van der Waals surface area contributed by atoms with Crippen molar-refractivity contribution in [2.24, 2.45) is 0 Å². The highest BCUT2D eigenvalue weighted by Crippen LogP contribution is 2.47. The summed E-state index contributed by atoms with van der Waals surface area (Å²) < 4.78 is 46.3. The average molecular weight is 1160 g/mol. The van der Waals surface area contributed by atoms with Gasteiger partial charge in [-0.25, -0.2) is 19.2 Å². The molecule has 4 atom stereocenters. The second kappa shape index (κ2) is 30.7. The summed E-state index contributed by atoms with van der Waals surface area (Å²) in [5.41, 5.74) is 10.6. The second-order valence-corrected chi connectivity index (χ2v) is 21.2. The minimum Gasteiger partial charge on any atom is -0.490 e. The van der Waals surface area contributed by atoms with E-state index in [4.69, 9.17) is 37.9 Å². The monoisotopic (exact) mass is 1160 g/mol. The quantitative estimate of drug-likeness (QED) is 0.0142. The van der Waals surface area contributed by atoms with Crippen LogP contribution in [0.2, 0.25) is 0 Å². The van der Waals surface area contributed by atoms with Gasteiger partial charge in [-0.15, -0.1) is 0 Å². The summed E-state index contributed by atoms with van der Waals surface area (Å²) in [6, 6.07) is 37.2. The molecule has 0 aromatic heterocycles. The number of rotatable bonds is 30. The Labute approximate surface area is 497 Å². The Bertz CT molecular complexity index is 3210. The number of esters is 4. The fourth-order valence-corrected chi connectivity index (χ4v) is 8.87. The van der Waals surface area contributed by atoms with Gasteiger partial charge in [0.2, 0.25) is 0 Å². The van der Waals surface area contributed by atoms with Gasteiger partial charge in [-0.1, -0.05) is 93.0 Å². The first-order valence-electron chi connectivity index (χ1n) is 27.6. The molecule has 6 aromatic carbocycles. The summed E-state index contributed by atoms with van der Waals surface area (Å²) in [6.07, 6.45) is -4.73. The Morgan fingerprint density at radius 1 is 0.365 bits per heavy atom. The molecule has 0 amide bonds. The molecule has 0 saturated heterocycles. The molecule has 0 saturated carbocycles. The maximum Gasteiger partial charge on any atom is 0.333 e. The molecule has 85 heavy (non-hydrogen) atoms. The lowest BCUT2D eigenvalue weighted by Gasteiger charge is -2.28. The van der Waals surface area contributed by atoms with E-state index < -0.39 is 54.2 Å². The Hall–Kier alpha value is -8.80. The zero-order valence-corrected chi connectivity index (χ0v) is 49.5. The topological polar surface area (TPSA) is 223 Å². The molecule has 0 heterocycles. The molecule has 0 aliphatic heterocycles. The minimum absolute atomic E-state index is 0.153. The summed E-state index contributed by atoms with van der Waals surface area (Å²) in [7, 11) is 0. The van der Waals surface area contributed by atoms with Gasteiger partial charge in [0, 0.05) is 39.3 Å². The molecular weight excluding hydrogens is 1080 g/mol. The SMILES string of the molecule is C=C(C)C(=O)OCC(O)COc1ccc(-c2cc(C)c(OCC(O)COC(=O)C(=C)C)c(C(c3ccc(-c4ccccc4)cc3)c3cc(-c4ccc(OCC(O)COC(=O)C(=C)C)c(C)c4)cc(C)c3OCC(O)COC(=O)C(=C)C)c2)cc1C. The van der Waals surface area contributed by atoms with Crippen molar-refractivity contribution in [2.75, 3.05) is 52.9 Å². The highest BCUT2D eigenvalue weighted by molar-refractivity contribution is 5.88. The smallest absolute Gasteiger partial charge is 0.333 e. The van der Waals surface area contributed by atoms with Crippen LogP contribution in [0.25, 0.3) is 33.4 Å². The van der Waals surface area contributed by atoms with Gasteiger partial charge in [0.05, 0.1) is 0 Å². The molecule has 16 heteroatoms. The van der Waals surface area contributed by atoms with Crippen LogP contribution in [0.3, 0.4) is 0 Å². The fraction of sp³-hybridized carbons (Fsp3) is 0.304. The van der Waals surface area contributed by atoms with E-state index >= 15 is 0 Å². The highest BCUT2D eigenvalue weighted by atomic mass is 16.6. The third kappa shape index (κ3) is 18.6. The Balaban J connectivity index is 1.54. The molecule has 4 N–H and O–H groups in total. The predicted molar refractivity (Wildman–Crippen MR) is 325 cm³/mol. The van der Waals surface area contributed by atoms with Crippen molar-refractivity contribution < 1.29 is 77.5 Å². The van der Waals surface area contributed by atoms with Gasteiger partial charge < -0.3 is 58.3 Å². The maximum atomic E-state index is 12.4. The molecule has 4 unspecified atom stereocenters. The number of carbonyl (C=O) groups is 4. The first-order valence-corrected chi connectivity index (χ1v) is 27.6. The average Bonchev–Trinajstić information content (AvgIpc) is 3.10. The summed E-state index contributed by atoms with van der Waals surface area (Å²) >= 11 is 0. The van der Waals surface area contributed by atoms with Crippen LogP contribution in [-0.4, -0.2) is 122 Å². The third-order valence-corrected chi connectivity index (χ3v) is 13.3. The van der Waals surface area contributed by atoms with Gasteiger partial charge in [0.15, 0.2) is 0 Å². The van der Waals surface area contributed by atoms with Crippen LogP contribution >= 0.6 is 0 Å². The summed E-state index contributed by atoms with van der Waals surface area (Å²) in [6.45, 7) is 25.8. The van der Waals surface area contributed by atoms with Crippen LogP contribution in [0.15, 0.2) is 164 Å². The van der Waals surface area contributed by atoms with Gasteiger partial charge in [0.1, 0.15) is 100 Å². The van der Waals surface area contributed by atoms with Crippen molar-refractivity contribution in [1.82, 2.24) is 0 Å². The zero-order valence-electron chi connectivity index (χ0n) is 49.5. The molecule has 0 spiro atoms. The van der Waals surface area contributed by atoms with E-state index in [9.17, 15) is 39.6 Å². The molecular formula is C69H76O16. The van der Waals surface area contributed by atoms with Gasteiger partial charge in [0.25, 0.3) is 0 Å². The van der Waals surface area contributed by atoms with E-state index in [0.717, 1.165) is 50.1 Å². The van der Waals surface area contributed by atoms with Crippen molar-refractivity contribution in [1.29, 1.82) is 0 Å². The molecule has 6 rings (SSSR count). The Kier molecular flexibility index (Phi) is 23.6. The van der Waals surface area contributed by atoms with E-state index in [2.05, 4.69) is 26.3 Å². The van der Waals surface area contributed by atoms with E-state index in [1.807, 2.05) is 131 Å². The Morgan fingerprint density at radius 2 is 0.671 bits per heavy atom. The van der Waals surface area contributed by atoms with Crippen LogP contribution in [0.4, 0.5) is 0 Å². The van der Waals surface area contributed by atoms with E-state index in [1.54, 1.807) is 12.1 Å². The number of hydrogen-bond acceptors (Lipinski definition) is 16. The number of aliphatic hydroxyl groups excluding tert-OH is 4. The molecule has 0 aliphatic rings. The van der Waals surface area contributed by atoms with Gasteiger partial charge in [-0.3, -0.25) is 0 Å². The number of ether oxygens (including phenoxy) is 8. The molecule has 0 aliphatic carbocycles. The van der Waals surface area contributed by atoms with Crippen molar-refractivity contribution in [3.63, 3.8) is 0 Å². The zero-order chi connectivity index (χ0) is 62.1. The third-order valence-electron chi connectivity index (χ3n) is 13.3. The largest absolute Gasteiger partial charge is 0.490 e. The minimum atomic E-state index is -1.26. The molecule has 448 valence electrons. The Morgan fingerprint density at radius 3 is 1.00 bits per heavy atom. The summed E-state index contributed by atoms with van der Waals surface area (Å²) in [4.78, 5) is 48.8. The number of aliphatic hydroxyl groups is 4.